The summed E-state index contributed by atoms with van der Waals surface area (Å²) in [4.78, 5) is 31.1. The Kier molecular flexibility index (Phi) is 10.0. The molecule has 0 spiro atoms. The van der Waals surface area contributed by atoms with Gasteiger partial charge in [-0.1, -0.05) is 212 Å². The summed E-state index contributed by atoms with van der Waals surface area (Å²) in [7, 11) is 0. The average molecular weight is 858 g/mol. The van der Waals surface area contributed by atoms with E-state index in [1.54, 1.807) is 0 Å². The van der Waals surface area contributed by atoms with Gasteiger partial charge < -0.3 is 4.57 Å². The summed E-state index contributed by atoms with van der Waals surface area (Å²) in [6.07, 6.45) is 0. The van der Waals surface area contributed by atoms with Crippen LogP contribution in [0, 0.1) is 0 Å². The number of aromatic nitrogens is 7. The Bertz CT molecular complexity index is 3600. The summed E-state index contributed by atoms with van der Waals surface area (Å²) in [6.45, 7) is 0. The summed E-state index contributed by atoms with van der Waals surface area (Å²) in [5.74, 6) is 3.36. The fourth-order valence-corrected chi connectivity index (χ4v) is 9.01. The number of hydrogen-bond donors (Lipinski definition) is 0. The Hall–Kier alpha value is -9.20. The maximum atomic E-state index is 5.33. The van der Waals surface area contributed by atoms with Crippen molar-refractivity contribution in [2.75, 3.05) is 0 Å². The Balaban J connectivity index is 1.17. The topological polar surface area (TPSA) is 82.3 Å². The van der Waals surface area contributed by atoms with Gasteiger partial charge in [0.05, 0.1) is 11.0 Å². The van der Waals surface area contributed by atoms with Crippen molar-refractivity contribution >= 4 is 21.8 Å². The first-order valence-corrected chi connectivity index (χ1v) is 22.3. The predicted molar refractivity (Wildman–Crippen MR) is 271 cm³/mol. The van der Waals surface area contributed by atoms with Gasteiger partial charge in [0.15, 0.2) is 34.9 Å². The van der Waals surface area contributed by atoms with E-state index in [0.29, 0.717) is 34.9 Å². The standard InChI is InChI=1S/C60H39N7/c1-7-21-40(22-8-1)47-33-20-36-52-53(47)50-35-19-34-49(54(50)67(52)46-31-17-6-18-32-46)48-38-37-45(59-63-55(41-23-9-2-10-24-41)61-56(64-59)42-25-11-3-12-26-42)39-51(48)60-65-57(43-27-13-4-14-28-43)62-58(66-60)44-29-15-5-16-30-44/h1-39H. The van der Waals surface area contributed by atoms with Crippen LogP contribution in [0.15, 0.2) is 237 Å². The molecule has 0 radical (unpaired) electrons. The summed E-state index contributed by atoms with van der Waals surface area (Å²) in [5, 5.41) is 2.31. The fraction of sp³-hybridized carbons (Fsp3) is 0. The first kappa shape index (κ1) is 39.4. The zero-order chi connectivity index (χ0) is 44.5. The molecule has 0 aliphatic heterocycles. The van der Waals surface area contributed by atoms with Gasteiger partial charge in [0.2, 0.25) is 0 Å². The molecule has 0 saturated carbocycles. The first-order valence-electron chi connectivity index (χ1n) is 22.3. The molecular weight excluding hydrogens is 819 g/mol. The smallest absolute Gasteiger partial charge is 0.164 e. The van der Waals surface area contributed by atoms with E-state index in [9.17, 15) is 0 Å². The monoisotopic (exact) mass is 857 g/mol. The molecule has 0 saturated heterocycles. The minimum Gasteiger partial charge on any atom is -0.309 e. The molecule has 7 nitrogen and oxygen atoms in total. The van der Waals surface area contributed by atoms with E-state index in [1.807, 2.05) is 121 Å². The third-order valence-electron chi connectivity index (χ3n) is 12.1. The molecule has 314 valence electrons. The average Bonchev–Trinajstić information content (AvgIpc) is 3.77. The molecule has 0 fully saturated rings. The number of fused-ring (bicyclic) bond motifs is 3. The van der Waals surface area contributed by atoms with Crippen LogP contribution < -0.4 is 0 Å². The predicted octanol–water partition coefficient (Wildman–Crippen LogP) is 14.5. The maximum absolute atomic E-state index is 5.33. The molecule has 0 bridgehead atoms. The van der Waals surface area contributed by atoms with Gasteiger partial charge in [-0.25, -0.2) is 29.9 Å². The molecule has 0 N–H and O–H groups in total. The van der Waals surface area contributed by atoms with E-state index in [0.717, 1.165) is 72.2 Å². The van der Waals surface area contributed by atoms with Crippen molar-refractivity contribution in [3.63, 3.8) is 0 Å². The van der Waals surface area contributed by atoms with Crippen LogP contribution in [0.4, 0.5) is 0 Å². The molecule has 0 amide bonds. The largest absolute Gasteiger partial charge is 0.309 e. The van der Waals surface area contributed by atoms with Gasteiger partial charge in [-0.15, -0.1) is 0 Å². The molecule has 12 aromatic rings. The minimum absolute atomic E-state index is 0.523. The lowest BCUT2D eigenvalue weighted by Gasteiger charge is -2.16. The van der Waals surface area contributed by atoms with Crippen molar-refractivity contribution in [3.8, 4) is 96.3 Å². The van der Waals surface area contributed by atoms with E-state index in [-0.39, 0.29) is 0 Å². The summed E-state index contributed by atoms with van der Waals surface area (Å²) in [5.41, 5.74) is 12.7. The molecule has 0 aliphatic rings. The highest BCUT2D eigenvalue weighted by Gasteiger charge is 2.24. The number of hydrogen-bond acceptors (Lipinski definition) is 6. The second kappa shape index (κ2) is 17.1. The van der Waals surface area contributed by atoms with Crippen molar-refractivity contribution in [1.29, 1.82) is 0 Å². The highest BCUT2D eigenvalue weighted by atomic mass is 15.0. The molecule has 12 rings (SSSR count). The zero-order valence-electron chi connectivity index (χ0n) is 36.1. The van der Waals surface area contributed by atoms with Gasteiger partial charge in [-0.3, -0.25) is 0 Å². The third-order valence-corrected chi connectivity index (χ3v) is 12.1. The summed E-state index contributed by atoms with van der Waals surface area (Å²) in [6, 6.07) is 81.2. The maximum Gasteiger partial charge on any atom is 0.164 e. The Morgan fingerprint density at radius 1 is 0.254 bits per heavy atom. The van der Waals surface area contributed by atoms with E-state index in [4.69, 9.17) is 29.9 Å². The van der Waals surface area contributed by atoms with Crippen LogP contribution in [0.1, 0.15) is 0 Å². The lowest BCUT2D eigenvalue weighted by atomic mass is 9.93. The molecular formula is C60H39N7. The van der Waals surface area contributed by atoms with Gasteiger partial charge in [-0.05, 0) is 41.0 Å². The van der Waals surface area contributed by atoms with Crippen molar-refractivity contribution in [3.05, 3.63) is 237 Å². The Labute approximate surface area is 387 Å². The molecule has 67 heavy (non-hydrogen) atoms. The van der Waals surface area contributed by atoms with Gasteiger partial charge >= 0.3 is 0 Å². The highest BCUT2D eigenvalue weighted by molar-refractivity contribution is 6.19. The second-order valence-electron chi connectivity index (χ2n) is 16.3. The van der Waals surface area contributed by atoms with Gasteiger partial charge in [0, 0.05) is 55.4 Å². The SMILES string of the molecule is c1ccc(-c2nc(-c3ccccc3)nc(-c3ccc(-c4cccc5c6c(-c7ccccc7)cccc6n(-c6ccccc6)c45)c(-c4nc(-c5ccccc5)nc(-c5ccccc5)n4)c3)n2)cc1. The molecule has 3 aromatic heterocycles. The Morgan fingerprint density at radius 3 is 1.15 bits per heavy atom. The van der Waals surface area contributed by atoms with Gasteiger partial charge in [0.25, 0.3) is 0 Å². The molecule has 0 atom stereocenters. The quantitative estimate of drug-likeness (QED) is 0.144. The molecule has 3 heterocycles. The van der Waals surface area contributed by atoms with E-state index in [2.05, 4.69) is 120 Å². The summed E-state index contributed by atoms with van der Waals surface area (Å²) >= 11 is 0. The van der Waals surface area contributed by atoms with Crippen LogP contribution >= 0.6 is 0 Å². The van der Waals surface area contributed by atoms with E-state index >= 15 is 0 Å². The first-order chi connectivity index (χ1) is 33.2. The van der Waals surface area contributed by atoms with Crippen molar-refractivity contribution in [1.82, 2.24) is 34.5 Å². The minimum atomic E-state index is 0.523. The van der Waals surface area contributed by atoms with Crippen LogP contribution in [0.5, 0.6) is 0 Å². The Morgan fingerprint density at radius 2 is 0.657 bits per heavy atom. The zero-order valence-corrected chi connectivity index (χ0v) is 36.1. The molecule has 0 aliphatic carbocycles. The van der Waals surface area contributed by atoms with Crippen LogP contribution in [-0.2, 0) is 0 Å². The second-order valence-corrected chi connectivity index (χ2v) is 16.3. The number of nitrogens with zero attached hydrogens (tertiary/aromatic N) is 7. The number of para-hydroxylation sites is 2. The van der Waals surface area contributed by atoms with Crippen molar-refractivity contribution in [2.24, 2.45) is 0 Å². The lowest BCUT2D eigenvalue weighted by Crippen LogP contribution is -2.03. The van der Waals surface area contributed by atoms with E-state index in [1.165, 1.54) is 10.9 Å². The summed E-state index contributed by atoms with van der Waals surface area (Å²) < 4.78 is 2.40. The van der Waals surface area contributed by atoms with Crippen molar-refractivity contribution in [2.45, 2.75) is 0 Å². The van der Waals surface area contributed by atoms with E-state index < -0.39 is 0 Å². The van der Waals surface area contributed by atoms with Crippen molar-refractivity contribution < 1.29 is 0 Å². The number of benzene rings is 9. The fourth-order valence-electron chi connectivity index (χ4n) is 9.01. The van der Waals surface area contributed by atoms with Crippen LogP contribution in [-0.4, -0.2) is 34.5 Å². The lowest BCUT2D eigenvalue weighted by molar-refractivity contribution is 1.07. The molecule has 0 unspecified atom stereocenters. The normalized spacial score (nSPS) is 11.3. The van der Waals surface area contributed by atoms with Crippen LogP contribution in [0.2, 0.25) is 0 Å². The van der Waals surface area contributed by atoms with Crippen LogP contribution in [0.3, 0.4) is 0 Å². The third kappa shape index (κ3) is 7.40. The van der Waals surface area contributed by atoms with Crippen LogP contribution in [0.25, 0.3) is 118 Å². The molecule has 7 heteroatoms. The number of rotatable bonds is 9. The van der Waals surface area contributed by atoms with Gasteiger partial charge in [0.1, 0.15) is 0 Å². The van der Waals surface area contributed by atoms with Gasteiger partial charge in [-0.2, -0.15) is 0 Å². The molecule has 9 aromatic carbocycles. The highest BCUT2D eigenvalue weighted by Crippen LogP contribution is 2.45.